The zero-order valence-electron chi connectivity index (χ0n) is 18.7. The molecule has 0 radical (unpaired) electrons. The summed E-state index contributed by atoms with van der Waals surface area (Å²) in [5.74, 6) is -1.09. The van der Waals surface area contributed by atoms with E-state index in [0.717, 1.165) is 36.9 Å². The number of amides is 3. The van der Waals surface area contributed by atoms with Crippen LogP contribution in [0.15, 0.2) is 24.3 Å². The van der Waals surface area contributed by atoms with Gasteiger partial charge in [-0.3, -0.25) is 19.1 Å². The highest BCUT2D eigenvalue weighted by Gasteiger charge is 2.35. The second-order valence-electron chi connectivity index (χ2n) is 9.26. The fourth-order valence-corrected chi connectivity index (χ4v) is 4.81. The largest absolute Gasteiger partial charge is 0.353 e. The van der Waals surface area contributed by atoms with Gasteiger partial charge in [-0.2, -0.15) is 5.10 Å². The van der Waals surface area contributed by atoms with Crippen molar-refractivity contribution in [2.24, 2.45) is 13.0 Å². The summed E-state index contributed by atoms with van der Waals surface area (Å²) < 4.78 is 15.3. The van der Waals surface area contributed by atoms with E-state index in [-0.39, 0.29) is 35.7 Å². The molecule has 2 aromatic rings. The first-order chi connectivity index (χ1) is 15.9. The van der Waals surface area contributed by atoms with Gasteiger partial charge in [0.15, 0.2) is 5.69 Å². The van der Waals surface area contributed by atoms with Gasteiger partial charge in [0, 0.05) is 56.0 Å². The molecule has 1 saturated carbocycles. The van der Waals surface area contributed by atoms with Crippen LogP contribution in [0.25, 0.3) is 0 Å². The highest BCUT2D eigenvalue weighted by molar-refractivity contribution is 5.96. The van der Waals surface area contributed by atoms with Gasteiger partial charge in [-0.05, 0) is 43.9 Å². The zero-order chi connectivity index (χ0) is 23.1. The number of halogens is 1. The van der Waals surface area contributed by atoms with Crippen molar-refractivity contribution in [1.82, 2.24) is 24.9 Å². The van der Waals surface area contributed by atoms with Gasteiger partial charge < -0.3 is 15.1 Å². The number of aryl methyl sites for hydroxylation is 1. The van der Waals surface area contributed by atoms with Crippen molar-refractivity contribution in [3.05, 3.63) is 52.6 Å². The minimum Gasteiger partial charge on any atom is -0.353 e. The molecular weight excluding hydrogens is 425 g/mol. The molecule has 2 fully saturated rings. The summed E-state index contributed by atoms with van der Waals surface area (Å²) in [6.45, 7) is 1.69. The standard InChI is InChI=1S/C24H28FN5O3/c1-28-20-9-11-30(23(32)15-4-2-6-17(25)12-15)14-19(20)21(27-28)24(33)29-10-3-5-16(13-29)22(31)26-18-7-8-18/h2,4,6,12,16,18H,3,5,7-11,13-14H2,1H3,(H,26,31)/t16-/m1/s1. The van der Waals surface area contributed by atoms with Crippen LogP contribution >= 0.6 is 0 Å². The number of carbonyl (C=O) groups excluding carboxylic acids is 3. The lowest BCUT2D eigenvalue weighted by molar-refractivity contribution is -0.126. The molecule has 0 spiro atoms. The lowest BCUT2D eigenvalue weighted by Gasteiger charge is -2.32. The Morgan fingerprint density at radius 3 is 2.67 bits per heavy atom. The van der Waals surface area contributed by atoms with Gasteiger partial charge in [0.05, 0.1) is 12.5 Å². The number of benzene rings is 1. The van der Waals surface area contributed by atoms with E-state index in [9.17, 15) is 18.8 Å². The number of nitrogens with zero attached hydrogens (tertiary/aromatic N) is 4. The van der Waals surface area contributed by atoms with Crippen molar-refractivity contribution < 1.29 is 18.8 Å². The summed E-state index contributed by atoms with van der Waals surface area (Å²) in [4.78, 5) is 42.3. The third kappa shape index (κ3) is 4.36. The number of aromatic nitrogens is 2. The average Bonchev–Trinajstić information content (AvgIpc) is 3.59. The molecule has 33 heavy (non-hydrogen) atoms. The van der Waals surface area contributed by atoms with Crippen molar-refractivity contribution in [1.29, 1.82) is 0 Å². The van der Waals surface area contributed by atoms with E-state index in [4.69, 9.17) is 0 Å². The summed E-state index contributed by atoms with van der Waals surface area (Å²) in [7, 11) is 1.81. The number of fused-ring (bicyclic) bond motifs is 1. The Morgan fingerprint density at radius 2 is 1.91 bits per heavy atom. The normalized spacial score (nSPS) is 20.4. The summed E-state index contributed by atoms with van der Waals surface area (Å²) in [5, 5.41) is 7.55. The SMILES string of the molecule is Cn1nc(C(=O)N2CCC[C@@H](C(=O)NC3CC3)C2)c2c1CCN(C(=O)c1cccc(F)c1)C2. The quantitative estimate of drug-likeness (QED) is 0.766. The van der Waals surface area contributed by atoms with Crippen LogP contribution in [0, 0.1) is 11.7 Å². The maximum atomic E-state index is 13.6. The predicted octanol–water partition coefficient (Wildman–Crippen LogP) is 1.89. The second-order valence-corrected chi connectivity index (χ2v) is 9.26. The smallest absolute Gasteiger partial charge is 0.274 e. The number of carbonyl (C=O) groups is 3. The van der Waals surface area contributed by atoms with Gasteiger partial charge in [0.2, 0.25) is 5.91 Å². The van der Waals surface area contributed by atoms with Crippen LogP contribution in [0.3, 0.4) is 0 Å². The molecule has 9 heteroatoms. The van der Waals surface area contributed by atoms with E-state index in [1.54, 1.807) is 20.5 Å². The first-order valence-electron chi connectivity index (χ1n) is 11.6. The van der Waals surface area contributed by atoms with Gasteiger partial charge in [-0.15, -0.1) is 0 Å². The van der Waals surface area contributed by atoms with Crippen LogP contribution < -0.4 is 5.32 Å². The van der Waals surface area contributed by atoms with Gasteiger partial charge in [0.25, 0.3) is 11.8 Å². The first kappa shape index (κ1) is 21.6. The molecule has 1 aliphatic carbocycles. The molecule has 8 nitrogen and oxygen atoms in total. The van der Waals surface area contributed by atoms with Gasteiger partial charge in [0.1, 0.15) is 5.82 Å². The molecule has 174 valence electrons. The number of nitrogens with one attached hydrogen (secondary N) is 1. The number of likely N-dealkylation sites (tertiary alicyclic amines) is 1. The highest BCUT2D eigenvalue weighted by Crippen LogP contribution is 2.27. The number of hydrogen-bond donors (Lipinski definition) is 1. The first-order valence-corrected chi connectivity index (χ1v) is 11.6. The second kappa shape index (κ2) is 8.61. The molecule has 3 aliphatic rings. The lowest BCUT2D eigenvalue weighted by atomic mass is 9.96. The Balaban J connectivity index is 1.33. The number of piperidine rings is 1. The molecule has 0 bridgehead atoms. The minimum absolute atomic E-state index is 0.0323. The molecule has 1 aromatic carbocycles. The lowest BCUT2D eigenvalue weighted by Crippen LogP contribution is -2.46. The maximum Gasteiger partial charge on any atom is 0.274 e. The predicted molar refractivity (Wildman–Crippen MR) is 118 cm³/mol. The van der Waals surface area contributed by atoms with Crippen LogP contribution in [0.5, 0.6) is 0 Å². The average molecular weight is 454 g/mol. The molecule has 2 aliphatic heterocycles. The van der Waals surface area contributed by atoms with Gasteiger partial charge in [-0.1, -0.05) is 6.07 Å². The fourth-order valence-electron chi connectivity index (χ4n) is 4.81. The Bertz CT molecular complexity index is 1110. The molecule has 0 unspecified atom stereocenters. The monoisotopic (exact) mass is 453 g/mol. The van der Waals surface area contributed by atoms with Crippen LogP contribution in [-0.4, -0.2) is 63.0 Å². The van der Waals surface area contributed by atoms with Gasteiger partial charge >= 0.3 is 0 Å². The van der Waals surface area contributed by atoms with Gasteiger partial charge in [-0.25, -0.2) is 4.39 Å². The highest BCUT2D eigenvalue weighted by atomic mass is 19.1. The van der Waals surface area contributed by atoms with Crippen molar-refractivity contribution in [2.75, 3.05) is 19.6 Å². The molecular formula is C24H28FN5O3. The summed E-state index contributed by atoms with van der Waals surface area (Å²) in [5.41, 5.74) is 2.30. The van der Waals surface area contributed by atoms with Crippen LogP contribution in [0.2, 0.25) is 0 Å². The Kier molecular flexibility index (Phi) is 5.64. The van der Waals surface area contributed by atoms with Crippen LogP contribution in [0.4, 0.5) is 4.39 Å². The molecule has 3 heterocycles. The molecule has 1 aromatic heterocycles. The Hall–Kier alpha value is -3.23. The van der Waals surface area contributed by atoms with Crippen molar-refractivity contribution in [3.8, 4) is 0 Å². The summed E-state index contributed by atoms with van der Waals surface area (Å²) in [6.07, 6.45) is 4.18. The van der Waals surface area contributed by atoms with E-state index >= 15 is 0 Å². The molecule has 1 atom stereocenters. The maximum absolute atomic E-state index is 13.6. The van der Waals surface area contributed by atoms with Crippen molar-refractivity contribution >= 4 is 17.7 Å². The molecule has 5 rings (SSSR count). The summed E-state index contributed by atoms with van der Waals surface area (Å²) in [6, 6.07) is 5.95. The fraction of sp³-hybridized carbons (Fsp3) is 0.500. The zero-order valence-corrected chi connectivity index (χ0v) is 18.7. The van der Waals surface area contributed by atoms with Crippen LogP contribution in [-0.2, 0) is 24.8 Å². The Morgan fingerprint density at radius 1 is 1.09 bits per heavy atom. The summed E-state index contributed by atoms with van der Waals surface area (Å²) >= 11 is 0. The number of hydrogen-bond acceptors (Lipinski definition) is 4. The van der Waals surface area contributed by atoms with Crippen molar-refractivity contribution in [2.45, 2.75) is 44.7 Å². The Labute approximate surface area is 191 Å². The molecule has 1 N–H and O–H groups in total. The van der Waals surface area contributed by atoms with E-state index in [1.165, 1.54) is 18.2 Å². The topological polar surface area (TPSA) is 87.5 Å². The van der Waals surface area contributed by atoms with Crippen molar-refractivity contribution in [3.63, 3.8) is 0 Å². The molecule has 1 saturated heterocycles. The van der Waals surface area contributed by atoms with E-state index in [1.807, 2.05) is 7.05 Å². The molecule has 3 amide bonds. The third-order valence-electron chi connectivity index (χ3n) is 6.81. The number of rotatable bonds is 4. The van der Waals surface area contributed by atoms with E-state index in [0.29, 0.717) is 37.8 Å². The third-order valence-corrected chi connectivity index (χ3v) is 6.81. The van der Waals surface area contributed by atoms with Crippen LogP contribution in [0.1, 0.15) is 57.8 Å². The van der Waals surface area contributed by atoms with E-state index in [2.05, 4.69) is 10.4 Å². The van der Waals surface area contributed by atoms with E-state index < -0.39 is 5.82 Å². The minimum atomic E-state index is -0.457.